The summed E-state index contributed by atoms with van der Waals surface area (Å²) in [5, 5.41) is 4.14. The summed E-state index contributed by atoms with van der Waals surface area (Å²) in [5.41, 5.74) is 1.13. The second-order valence-electron chi connectivity index (χ2n) is 5.88. The lowest BCUT2D eigenvalue weighted by Crippen LogP contribution is -2.45. The van der Waals surface area contributed by atoms with Crippen LogP contribution in [0.3, 0.4) is 0 Å². The lowest BCUT2D eigenvalue weighted by Gasteiger charge is -2.35. The lowest BCUT2D eigenvalue weighted by molar-refractivity contribution is -0.138. The Morgan fingerprint density at radius 1 is 1.15 bits per heavy atom. The molecule has 0 atom stereocenters. The van der Waals surface area contributed by atoms with E-state index >= 15 is 0 Å². The summed E-state index contributed by atoms with van der Waals surface area (Å²) < 4.78 is 11.9. The Kier molecular flexibility index (Phi) is 3.05. The van der Waals surface area contributed by atoms with Crippen molar-refractivity contribution in [3.63, 3.8) is 0 Å². The summed E-state index contributed by atoms with van der Waals surface area (Å²) in [7, 11) is 0. The van der Waals surface area contributed by atoms with Crippen LogP contribution in [0, 0.1) is 0 Å². The van der Waals surface area contributed by atoms with E-state index in [2.05, 4.69) is 16.3 Å². The molecule has 0 unspecified atom stereocenters. The smallest absolute Gasteiger partial charge is 0.251 e. The van der Waals surface area contributed by atoms with Gasteiger partial charge in [-0.05, 0) is 18.1 Å². The number of rotatable bonds is 2. The van der Waals surface area contributed by atoms with E-state index in [4.69, 9.17) is 21.1 Å². The van der Waals surface area contributed by atoms with Crippen LogP contribution in [0.4, 0.5) is 0 Å². The fourth-order valence-corrected chi connectivity index (χ4v) is 3.27. The van der Waals surface area contributed by atoms with Crippen molar-refractivity contribution in [1.82, 2.24) is 10.2 Å². The number of fused-ring (bicyclic) bond motifs is 1. The number of nitrogens with one attached hydrogen (secondary N) is 1. The third-order valence-corrected chi connectivity index (χ3v) is 4.78. The molecular weight excluding hydrogens is 276 g/mol. The van der Waals surface area contributed by atoms with Gasteiger partial charge in [-0.25, -0.2) is 0 Å². The lowest BCUT2D eigenvalue weighted by atomic mass is 9.91. The number of halogens is 1. The monoisotopic (exact) mass is 294 g/mol. The number of hydrogen-bond donors (Lipinski definition) is 1. The zero-order chi connectivity index (χ0) is 13.6. The minimum absolute atomic E-state index is 0.376. The fourth-order valence-electron chi connectivity index (χ4n) is 3.06. The number of ether oxygens (including phenoxy) is 2. The molecule has 5 heteroatoms. The molecule has 1 saturated carbocycles. The van der Waals surface area contributed by atoms with Crippen LogP contribution in [-0.2, 0) is 6.54 Å². The van der Waals surface area contributed by atoms with Crippen molar-refractivity contribution >= 4 is 11.6 Å². The highest BCUT2D eigenvalue weighted by Gasteiger charge is 2.47. The van der Waals surface area contributed by atoms with Gasteiger partial charge in [0.1, 0.15) is 0 Å². The van der Waals surface area contributed by atoms with Gasteiger partial charge in [-0.15, -0.1) is 0 Å². The highest BCUT2D eigenvalue weighted by molar-refractivity contribution is 6.31. The van der Waals surface area contributed by atoms with Crippen LogP contribution in [0.25, 0.3) is 0 Å². The largest absolute Gasteiger partial charge is 0.448 e. The molecule has 108 valence electrons. The van der Waals surface area contributed by atoms with E-state index in [0.717, 1.165) is 67.7 Å². The van der Waals surface area contributed by atoms with Crippen molar-refractivity contribution in [2.45, 2.75) is 31.6 Å². The van der Waals surface area contributed by atoms with Crippen LogP contribution in [0.15, 0.2) is 12.1 Å². The molecule has 0 aromatic heterocycles. The molecule has 20 heavy (non-hydrogen) atoms. The van der Waals surface area contributed by atoms with E-state index in [9.17, 15) is 0 Å². The van der Waals surface area contributed by atoms with Crippen molar-refractivity contribution in [3.8, 4) is 11.5 Å². The Labute approximate surface area is 124 Å². The maximum atomic E-state index is 6.40. The predicted molar refractivity (Wildman–Crippen MR) is 77.4 cm³/mol. The first-order valence-electron chi connectivity index (χ1n) is 7.38. The minimum Gasteiger partial charge on any atom is -0.448 e. The highest BCUT2D eigenvalue weighted by atomic mass is 35.5. The van der Waals surface area contributed by atoms with Crippen molar-refractivity contribution < 1.29 is 9.47 Å². The van der Waals surface area contributed by atoms with Gasteiger partial charge in [-0.2, -0.15) is 0 Å². The first-order chi connectivity index (χ1) is 9.74. The van der Waals surface area contributed by atoms with Crippen molar-refractivity contribution in [2.24, 2.45) is 0 Å². The number of nitrogens with zero attached hydrogens (tertiary/aromatic N) is 1. The van der Waals surface area contributed by atoms with Crippen molar-refractivity contribution in [3.05, 3.63) is 22.7 Å². The molecule has 1 aromatic rings. The molecule has 0 radical (unpaired) electrons. The normalized spacial score (nSPS) is 23.9. The number of benzene rings is 1. The third kappa shape index (κ3) is 2.16. The van der Waals surface area contributed by atoms with E-state index in [-0.39, 0.29) is 5.79 Å². The molecule has 1 aromatic carbocycles. The molecule has 2 aliphatic heterocycles. The average molecular weight is 295 g/mol. The van der Waals surface area contributed by atoms with Gasteiger partial charge in [0.05, 0.1) is 0 Å². The van der Waals surface area contributed by atoms with Gasteiger partial charge < -0.3 is 14.8 Å². The van der Waals surface area contributed by atoms with E-state index in [1.165, 1.54) is 6.42 Å². The van der Waals surface area contributed by atoms with Gasteiger partial charge in [-0.1, -0.05) is 11.6 Å². The molecule has 1 N–H and O–H groups in total. The Morgan fingerprint density at radius 3 is 2.50 bits per heavy atom. The summed E-state index contributed by atoms with van der Waals surface area (Å²) in [5.74, 6) is 1.29. The summed E-state index contributed by atoms with van der Waals surface area (Å²) >= 11 is 6.40. The van der Waals surface area contributed by atoms with Crippen molar-refractivity contribution in [2.75, 3.05) is 26.2 Å². The predicted octanol–water partition coefficient (Wildman–Crippen LogP) is 2.40. The first kappa shape index (κ1) is 12.7. The van der Waals surface area contributed by atoms with Crippen LogP contribution >= 0.6 is 11.6 Å². The van der Waals surface area contributed by atoms with E-state index in [1.807, 2.05) is 6.07 Å². The van der Waals surface area contributed by atoms with Gasteiger partial charge in [0.15, 0.2) is 11.5 Å². The van der Waals surface area contributed by atoms with E-state index in [0.29, 0.717) is 0 Å². The Bertz CT molecular complexity index is 525. The van der Waals surface area contributed by atoms with Gasteiger partial charge in [0.25, 0.3) is 5.79 Å². The van der Waals surface area contributed by atoms with Gasteiger partial charge in [0, 0.05) is 56.7 Å². The minimum atomic E-state index is -0.376. The topological polar surface area (TPSA) is 33.7 Å². The van der Waals surface area contributed by atoms with Crippen LogP contribution in [0.5, 0.6) is 11.5 Å². The van der Waals surface area contributed by atoms with Gasteiger partial charge >= 0.3 is 0 Å². The molecule has 2 heterocycles. The third-order valence-electron chi connectivity index (χ3n) is 4.42. The Hall–Kier alpha value is -0.970. The van der Waals surface area contributed by atoms with Gasteiger partial charge in [-0.3, -0.25) is 4.90 Å². The maximum Gasteiger partial charge on any atom is 0.251 e. The van der Waals surface area contributed by atoms with Crippen LogP contribution in [-0.4, -0.2) is 36.9 Å². The summed E-state index contributed by atoms with van der Waals surface area (Å²) in [4.78, 5) is 2.42. The van der Waals surface area contributed by atoms with Crippen LogP contribution < -0.4 is 14.8 Å². The fraction of sp³-hybridized carbons (Fsp3) is 0.600. The van der Waals surface area contributed by atoms with E-state index in [1.54, 1.807) is 0 Å². The molecular formula is C15H19ClN2O2. The van der Waals surface area contributed by atoms with Crippen LogP contribution in [0.2, 0.25) is 5.02 Å². The Balaban J connectivity index is 1.54. The molecule has 0 amide bonds. The molecule has 2 fully saturated rings. The molecule has 1 spiro atoms. The molecule has 1 saturated heterocycles. The zero-order valence-corrected chi connectivity index (χ0v) is 12.2. The summed E-state index contributed by atoms with van der Waals surface area (Å²) in [6, 6.07) is 3.98. The number of piperazine rings is 1. The average Bonchev–Trinajstić information content (AvgIpc) is 2.79. The van der Waals surface area contributed by atoms with Gasteiger partial charge in [0.2, 0.25) is 0 Å². The van der Waals surface area contributed by atoms with Crippen molar-refractivity contribution in [1.29, 1.82) is 0 Å². The molecule has 4 nitrogen and oxygen atoms in total. The molecule has 0 bridgehead atoms. The van der Waals surface area contributed by atoms with Crippen LogP contribution in [0.1, 0.15) is 24.8 Å². The SMILES string of the molecule is Clc1cc2c(cc1CN1CCNCC1)OC1(CCC1)O2. The molecule has 3 aliphatic rings. The quantitative estimate of drug-likeness (QED) is 0.908. The maximum absolute atomic E-state index is 6.40. The first-order valence-corrected chi connectivity index (χ1v) is 7.75. The highest BCUT2D eigenvalue weighted by Crippen LogP contribution is 2.49. The van der Waals surface area contributed by atoms with E-state index < -0.39 is 0 Å². The molecule has 1 aliphatic carbocycles. The summed E-state index contributed by atoms with van der Waals surface area (Å²) in [6.07, 6.45) is 3.13. The second-order valence-corrected chi connectivity index (χ2v) is 6.29. The summed E-state index contributed by atoms with van der Waals surface area (Å²) in [6.45, 7) is 5.10. The zero-order valence-electron chi connectivity index (χ0n) is 11.5. The molecule has 4 rings (SSSR count). The Morgan fingerprint density at radius 2 is 1.85 bits per heavy atom. The second kappa shape index (κ2) is 4.79. The standard InChI is InChI=1S/C15H19ClN2O2/c16-12-9-14-13(19-15(20-14)2-1-3-15)8-11(12)10-18-6-4-17-5-7-18/h8-9,17H,1-7,10H2. The number of hydrogen-bond acceptors (Lipinski definition) is 4.